The lowest BCUT2D eigenvalue weighted by molar-refractivity contribution is -0.121. The maximum Gasteiger partial charge on any atom is 0.220 e. The lowest BCUT2D eigenvalue weighted by atomic mass is 9.84. The van der Waals surface area contributed by atoms with Crippen molar-refractivity contribution in [1.82, 2.24) is 5.32 Å². The lowest BCUT2D eigenvalue weighted by Crippen LogP contribution is -2.29. The molecule has 0 bridgehead atoms. The molecule has 1 aliphatic rings. The molecule has 1 fully saturated rings. The smallest absolute Gasteiger partial charge is 0.220 e. The van der Waals surface area contributed by atoms with Crippen molar-refractivity contribution in [1.29, 1.82) is 0 Å². The molecule has 16 heavy (non-hydrogen) atoms. The molecule has 4 nitrogen and oxygen atoms in total. The first-order valence-corrected chi connectivity index (χ1v) is 6.23. The highest BCUT2D eigenvalue weighted by molar-refractivity contribution is 5.75. The van der Waals surface area contributed by atoms with Crippen molar-refractivity contribution >= 4 is 5.91 Å². The summed E-state index contributed by atoms with van der Waals surface area (Å²) < 4.78 is 4.87. The van der Waals surface area contributed by atoms with Crippen LogP contribution < -0.4 is 11.1 Å². The van der Waals surface area contributed by atoms with Gasteiger partial charge in [0.05, 0.1) is 6.61 Å². The molecule has 0 aromatic rings. The van der Waals surface area contributed by atoms with Crippen LogP contribution in [0.15, 0.2) is 0 Å². The standard InChI is InChI=1S/C12H24N2O2/c1-16-9-8-14-12(15)7-4-10-2-5-11(13)6-3-10/h10-11H,2-9,13H2,1H3,(H,14,15). The fourth-order valence-electron chi connectivity index (χ4n) is 2.19. The number of methoxy groups -OCH3 is 1. The second kappa shape index (κ2) is 7.63. The predicted molar refractivity (Wildman–Crippen MR) is 64.1 cm³/mol. The van der Waals surface area contributed by atoms with Gasteiger partial charge in [-0.25, -0.2) is 0 Å². The number of hydrogen-bond acceptors (Lipinski definition) is 3. The van der Waals surface area contributed by atoms with E-state index in [0.717, 1.165) is 19.3 Å². The summed E-state index contributed by atoms with van der Waals surface area (Å²) in [4.78, 5) is 11.4. The zero-order chi connectivity index (χ0) is 11.8. The number of carbonyl (C=O) groups is 1. The van der Waals surface area contributed by atoms with Crippen molar-refractivity contribution in [3.05, 3.63) is 0 Å². The minimum Gasteiger partial charge on any atom is -0.383 e. The Morgan fingerprint density at radius 3 is 2.69 bits per heavy atom. The number of hydrogen-bond donors (Lipinski definition) is 2. The Balaban J connectivity index is 2.03. The third-order valence-electron chi connectivity index (χ3n) is 3.30. The van der Waals surface area contributed by atoms with Crippen molar-refractivity contribution < 1.29 is 9.53 Å². The van der Waals surface area contributed by atoms with E-state index < -0.39 is 0 Å². The number of amides is 1. The molecule has 0 spiro atoms. The van der Waals surface area contributed by atoms with Gasteiger partial charge in [-0.2, -0.15) is 0 Å². The Kier molecular flexibility index (Phi) is 6.42. The molecule has 0 aromatic heterocycles. The fraction of sp³-hybridized carbons (Fsp3) is 0.917. The maximum absolute atomic E-state index is 11.4. The normalized spacial score (nSPS) is 25.4. The zero-order valence-electron chi connectivity index (χ0n) is 10.2. The van der Waals surface area contributed by atoms with Gasteiger partial charge in [0.1, 0.15) is 0 Å². The largest absolute Gasteiger partial charge is 0.383 e. The van der Waals surface area contributed by atoms with E-state index in [-0.39, 0.29) is 5.91 Å². The van der Waals surface area contributed by atoms with E-state index in [2.05, 4.69) is 5.32 Å². The topological polar surface area (TPSA) is 64.3 Å². The van der Waals surface area contributed by atoms with Gasteiger partial charge in [-0.3, -0.25) is 4.79 Å². The number of carbonyl (C=O) groups excluding carboxylic acids is 1. The molecule has 0 aromatic carbocycles. The summed E-state index contributed by atoms with van der Waals surface area (Å²) >= 11 is 0. The summed E-state index contributed by atoms with van der Waals surface area (Å²) in [5.41, 5.74) is 5.84. The predicted octanol–water partition coefficient (Wildman–Crippen LogP) is 1.05. The van der Waals surface area contributed by atoms with Crippen LogP contribution in [0.1, 0.15) is 38.5 Å². The molecule has 0 atom stereocenters. The van der Waals surface area contributed by atoms with E-state index in [0.29, 0.717) is 31.5 Å². The van der Waals surface area contributed by atoms with Crippen LogP contribution in [-0.2, 0) is 9.53 Å². The summed E-state index contributed by atoms with van der Waals surface area (Å²) in [5, 5.41) is 2.84. The first-order valence-electron chi connectivity index (χ1n) is 6.23. The van der Waals surface area contributed by atoms with Crippen LogP contribution >= 0.6 is 0 Å². The average Bonchev–Trinajstić information content (AvgIpc) is 2.29. The molecule has 0 aliphatic heterocycles. The molecule has 3 N–H and O–H groups in total. The Hall–Kier alpha value is -0.610. The van der Waals surface area contributed by atoms with Crippen molar-refractivity contribution in [2.45, 2.75) is 44.6 Å². The van der Waals surface area contributed by atoms with Crippen molar-refractivity contribution in [2.75, 3.05) is 20.3 Å². The molecule has 0 unspecified atom stereocenters. The summed E-state index contributed by atoms with van der Waals surface area (Å²) in [7, 11) is 1.64. The van der Waals surface area contributed by atoms with Gasteiger partial charge in [0.2, 0.25) is 5.91 Å². The number of nitrogens with one attached hydrogen (secondary N) is 1. The highest BCUT2D eigenvalue weighted by Gasteiger charge is 2.18. The minimum absolute atomic E-state index is 0.145. The summed E-state index contributed by atoms with van der Waals surface area (Å²) in [6.07, 6.45) is 6.26. The molecule has 0 heterocycles. The molecule has 1 rings (SSSR count). The van der Waals surface area contributed by atoms with E-state index >= 15 is 0 Å². The Morgan fingerprint density at radius 2 is 2.06 bits per heavy atom. The van der Waals surface area contributed by atoms with Crippen molar-refractivity contribution in [2.24, 2.45) is 11.7 Å². The van der Waals surface area contributed by atoms with Crippen LogP contribution in [0.2, 0.25) is 0 Å². The van der Waals surface area contributed by atoms with E-state index in [1.165, 1.54) is 12.8 Å². The molecule has 1 saturated carbocycles. The van der Waals surface area contributed by atoms with Crippen LogP contribution in [0.5, 0.6) is 0 Å². The van der Waals surface area contributed by atoms with E-state index in [9.17, 15) is 4.79 Å². The molecular weight excluding hydrogens is 204 g/mol. The average molecular weight is 228 g/mol. The number of ether oxygens (including phenoxy) is 1. The van der Waals surface area contributed by atoms with Crippen LogP contribution in [0, 0.1) is 5.92 Å². The van der Waals surface area contributed by atoms with Gasteiger partial charge in [-0.05, 0) is 38.0 Å². The van der Waals surface area contributed by atoms with Gasteiger partial charge in [0.15, 0.2) is 0 Å². The highest BCUT2D eigenvalue weighted by Crippen LogP contribution is 2.26. The van der Waals surface area contributed by atoms with Crippen LogP contribution in [0.4, 0.5) is 0 Å². The van der Waals surface area contributed by atoms with Gasteiger partial charge in [-0.15, -0.1) is 0 Å². The first-order chi connectivity index (χ1) is 7.72. The number of nitrogens with two attached hydrogens (primary N) is 1. The maximum atomic E-state index is 11.4. The summed E-state index contributed by atoms with van der Waals surface area (Å²) in [6, 6.07) is 0.395. The van der Waals surface area contributed by atoms with Gasteiger partial charge in [0.25, 0.3) is 0 Å². The zero-order valence-corrected chi connectivity index (χ0v) is 10.2. The third-order valence-corrected chi connectivity index (χ3v) is 3.30. The lowest BCUT2D eigenvalue weighted by Gasteiger charge is -2.25. The number of rotatable bonds is 6. The Labute approximate surface area is 97.9 Å². The third kappa shape index (κ3) is 5.47. The first kappa shape index (κ1) is 13.5. The van der Waals surface area contributed by atoms with Crippen molar-refractivity contribution in [3.63, 3.8) is 0 Å². The Bertz CT molecular complexity index is 201. The highest BCUT2D eigenvalue weighted by atomic mass is 16.5. The monoisotopic (exact) mass is 228 g/mol. The molecule has 0 radical (unpaired) electrons. The summed E-state index contributed by atoms with van der Waals surface area (Å²) in [5.74, 6) is 0.847. The summed E-state index contributed by atoms with van der Waals surface area (Å²) in [6.45, 7) is 1.20. The molecule has 0 saturated heterocycles. The Morgan fingerprint density at radius 1 is 1.38 bits per heavy atom. The molecule has 1 amide bonds. The second-order valence-electron chi connectivity index (χ2n) is 4.66. The second-order valence-corrected chi connectivity index (χ2v) is 4.66. The van der Waals surface area contributed by atoms with E-state index in [4.69, 9.17) is 10.5 Å². The van der Waals surface area contributed by atoms with Crippen LogP contribution in [-0.4, -0.2) is 32.2 Å². The van der Waals surface area contributed by atoms with E-state index in [1.807, 2.05) is 0 Å². The quantitative estimate of drug-likeness (QED) is 0.668. The van der Waals surface area contributed by atoms with Gasteiger partial charge >= 0.3 is 0 Å². The van der Waals surface area contributed by atoms with Gasteiger partial charge < -0.3 is 15.8 Å². The molecule has 94 valence electrons. The van der Waals surface area contributed by atoms with Crippen LogP contribution in [0.3, 0.4) is 0 Å². The van der Waals surface area contributed by atoms with Gasteiger partial charge in [0, 0.05) is 26.1 Å². The van der Waals surface area contributed by atoms with Crippen LogP contribution in [0.25, 0.3) is 0 Å². The fourth-order valence-corrected chi connectivity index (χ4v) is 2.19. The molecular formula is C12H24N2O2. The van der Waals surface area contributed by atoms with Gasteiger partial charge in [-0.1, -0.05) is 0 Å². The SMILES string of the molecule is COCCNC(=O)CCC1CCC(N)CC1. The minimum atomic E-state index is 0.145. The van der Waals surface area contributed by atoms with Crippen molar-refractivity contribution in [3.8, 4) is 0 Å². The molecule has 4 heteroatoms. The van der Waals surface area contributed by atoms with E-state index in [1.54, 1.807) is 7.11 Å². The molecule has 1 aliphatic carbocycles.